The molecule has 0 atom stereocenters. The summed E-state index contributed by atoms with van der Waals surface area (Å²) in [5.74, 6) is 0. The minimum atomic E-state index is 0. The molecule has 1 rings (SSSR count). The van der Waals surface area contributed by atoms with E-state index in [4.69, 9.17) is 0 Å². The second kappa shape index (κ2) is 3.22. The molecule has 2 nitrogen and oxygen atoms in total. The predicted octanol–water partition coefficient (Wildman–Crippen LogP) is 1.62. The van der Waals surface area contributed by atoms with Crippen LogP contribution < -0.4 is 0 Å². The van der Waals surface area contributed by atoms with Crippen molar-refractivity contribution in [3.63, 3.8) is 0 Å². The summed E-state index contributed by atoms with van der Waals surface area (Å²) < 4.78 is 2.06. The molecule has 1 heterocycles. The van der Waals surface area contributed by atoms with Gasteiger partial charge in [-0.2, -0.15) is 0 Å². The monoisotopic (exact) mass is 130 g/mol. The second-order valence-corrected chi connectivity index (χ2v) is 2.10. The van der Waals surface area contributed by atoms with Crippen LogP contribution in [-0.2, 0) is 0 Å². The molecule has 0 amide bonds. The number of hydrogen-bond acceptors (Lipinski definition) is 1. The van der Waals surface area contributed by atoms with Crippen molar-refractivity contribution in [3.8, 4) is 0 Å². The summed E-state index contributed by atoms with van der Waals surface area (Å²) in [6.07, 6.45) is 5.58. The molecule has 0 saturated heterocycles. The molecule has 52 valence electrons. The summed E-state index contributed by atoms with van der Waals surface area (Å²) >= 11 is 0. The molecular formula is C6H11FN2. The lowest BCUT2D eigenvalue weighted by molar-refractivity contribution is 0.600. The summed E-state index contributed by atoms with van der Waals surface area (Å²) in [6.45, 7) is 4.25. The highest BCUT2D eigenvalue weighted by atomic mass is 19.0. The zero-order valence-electron chi connectivity index (χ0n) is 5.61. The highest BCUT2D eigenvalue weighted by Crippen LogP contribution is 1.99. The molecule has 0 fully saturated rings. The fraction of sp³-hybridized carbons (Fsp3) is 0.500. The highest BCUT2D eigenvalue weighted by Gasteiger charge is 1.90. The second-order valence-electron chi connectivity index (χ2n) is 2.10. The average Bonchev–Trinajstić information content (AvgIpc) is 2.12. The molecule has 0 N–H and O–H groups in total. The topological polar surface area (TPSA) is 17.8 Å². The van der Waals surface area contributed by atoms with Crippen LogP contribution in [0.2, 0.25) is 0 Å². The van der Waals surface area contributed by atoms with Gasteiger partial charge in [-0.3, -0.25) is 4.70 Å². The molecule has 1 aromatic heterocycles. The van der Waals surface area contributed by atoms with E-state index >= 15 is 0 Å². The maximum atomic E-state index is 3.91. The van der Waals surface area contributed by atoms with E-state index in [0.29, 0.717) is 6.04 Å². The van der Waals surface area contributed by atoms with Crippen molar-refractivity contribution in [3.05, 3.63) is 18.7 Å². The lowest BCUT2D eigenvalue weighted by atomic mass is 10.4. The van der Waals surface area contributed by atoms with Gasteiger partial charge in [0.2, 0.25) is 0 Å². The minimum absolute atomic E-state index is 0. The number of aromatic nitrogens is 2. The summed E-state index contributed by atoms with van der Waals surface area (Å²) in [7, 11) is 0. The highest BCUT2D eigenvalue weighted by molar-refractivity contribution is 4.76. The Balaban J connectivity index is 0.000000640. The third-order valence-electron chi connectivity index (χ3n) is 1.12. The molecule has 0 saturated carbocycles. The lowest BCUT2D eigenvalue weighted by Gasteiger charge is -2.02. The van der Waals surface area contributed by atoms with E-state index in [1.54, 1.807) is 6.20 Å². The fourth-order valence-electron chi connectivity index (χ4n) is 0.575. The Morgan fingerprint density at radius 2 is 2.11 bits per heavy atom. The van der Waals surface area contributed by atoms with Crippen molar-refractivity contribution in [1.82, 2.24) is 9.55 Å². The van der Waals surface area contributed by atoms with Crippen LogP contribution in [0.5, 0.6) is 0 Å². The molecule has 0 aliphatic heterocycles. The third kappa shape index (κ3) is 1.83. The molecule has 0 aliphatic carbocycles. The molecule has 0 unspecified atom stereocenters. The smallest absolute Gasteiger partial charge is 0.0948 e. The maximum Gasteiger partial charge on any atom is 0.0948 e. The van der Waals surface area contributed by atoms with Gasteiger partial charge in [0, 0.05) is 18.4 Å². The Hall–Kier alpha value is -0.860. The van der Waals surface area contributed by atoms with Crippen LogP contribution in [0.25, 0.3) is 0 Å². The van der Waals surface area contributed by atoms with Crippen LogP contribution >= 0.6 is 0 Å². The molecule has 0 bridgehead atoms. The zero-order chi connectivity index (χ0) is 5.98. The van der Waals surface area contributed by atoms with Crippen molar-refractivity contribution in [1.29, 1.82) is 0 Å². The first-order chi connectivity index (χ1) is 3.80. The first-order valence-electron chi connectivity index (χ1n) is 2.78. The number of rotatable bonds is 1. The van der Waals surface area contributed by atoms with Crippen molar-refractivity contribution >= 4 is 0 Å². The van der Waals surface area contributed by atoms with Gasteiger partial charge >= 0.3 is 0 Å². The Labute approximate surface area is 53.9 Å². The number of hydrogen-bond donors (Lipinski definition) is 0. The van der Waals surface area contributed by atoms with Gasteiger partial charge in [0.1, 0.15) is 0 Å². The summed E-state index contributed by atoms with van der Waals surface area (Å²) in [5.41, 5.74) is 0. The Bertz CT molecular complexity index is 146. The van der Waals surface area contributed by atoms with Crippen molar-refractivity contribution < 1.29 is 4.70 Å². The van der Waals surface area contributed by atoms with E-state index in [1.165, 1.54) is 0 Å². The average molecular weight is 130 g/mol. The van der Waals surface area contributed by atoms with E-state index in [0.717, 1.165) is 0 Å². The molecule has 9 heavy (non-hydrogen) atoms. The van der Waals surface area contributed by atoms with Gasteiger partial charge in [0.05, 0.1) is 6.33 Å². The van der Waals surface area contributed by atoms with Crippen LogP contribution in [0.1, 0.15) is 19.9 Å². The van der Waals surface area contributed by atoms with Crippen LogP contribution in [0.3, 0.4) is 0 Å². The fourth-order valence-corrected chi connectivity index (χ4v) is 0.575. The van der Waals surface area contributed by atoms with E-state index in [2.05, 4.69) is 23.4 Å². The predicted molar refractivity (Wildman–Crippen MR) is 35.1 cm³/mol. The van der Waals surface area contributed by atoms with Gasteiger partial charge in [-0.15, -0.1) is 0 Å². The Kier molecular flexibility index (Phi) is 2.91. The number of nitrogens with zero attached hydrogens (tertiary/aromatic N) is 2. The van der Waals surface area contributed by atoms with Crippen LogP contribution in [0, 0.1) is 0 Å². The third-order valence-corrected chi connectivity index (χ3v) is 1.12. The van der Waals surface area contributed by atoms with Gasteiger partial charge in [0.25, 0.3) is 0 Å². The summed E-state index contributed by atoms with van der Waals surface area (Å²) in [6, 6.07) is 0.539. The summed E-state index contributed by atoms with van der Waals surface area (Å²) in [5, 5.41) is 0. The standard InChI is InChI=1S/C6H10N2.FH/c1-6(2)8-4-3-7-5-8;/h3-6H,1-2H3;1H. The van der Waals surface area contributed by atoms with E-state index in [9.17, 15) is 0 Å². The van der Waals surface area contributed by atoms with Gasteiger partial charge < -0.3 is 4.57 Å². The molecular weight excluding hydrogens is 119 g/mol. The maximum absolute atomic E-state index is 3.91. The SMILES string of the molecule is CC(C)n1ccnc1.F. The van der Waals surface area contributed by atoms with Crippen molar-refractivity contribution in [2.75, 3.05) is 0 Å². The van der Waals surface area contributed by atoms with E-state index in [-0.39, 0.29) is 4.70 Å². The summed E-state index contributed by atoms with van der Waals surface area (Å²) in [4.78, 5) is 3.91. The van der Waals surface area contributed by atoms with Gasteiger partial charge in [0.15, 0.2) is 0 Å². The largest absolute Gasteiger partial charge is 0.335 e. The van der Waals surface area contributed by atoms with Gasteiger partial charge in [-0.1, -0.05) is 0 Å². The molecule has 0 aromatic carbocycles. The molecule has 0 aliphatic rings. The van der Waals surface area contributed by atoms with Gasteiger partial charge in [-0.25, -0.2) is 4.98 Å². The molecule has 0 spiro atoms. The molecule has 0 radical (unpaired) electrons. The van der Waals surface area contributed by atoms with Crippen molar-refractivity contribution in [2.24, 2.45) is 0 Å². The normalized spacial score (nSPS) is 9.22. The van der Waals surface area contributed by atoms with Gasteiger partial charge in [-0.05, 0) is 13.8 Å². The molecule has 1 aromatic rings. The Morgan fingerprint density at radius 3 is 2.33 bits per heavy atom. The van der Waals surface area contributed by atoms with E-state index in [1.807, 2.05) is 12.5 Å². The lowest BCUT2D eigenvalue weighted by Crippen LogP contribution is -1.95. The zero-order valence-corrected chi connectivity index (χ0v) is 5.61. The minimum Gasteiger partial charge on any atom is -0.335 e. The first-order valence-corrected chi connectivity index (χ1v) is 2.78. The van der Waals surface area contributed by atoms with E-state index < -0.39 is 0 Å². The van der Waals surface area contributed by atoms with Crippen LogP contribution in [0.4, 0.5) is 4.70 Å². The van der Waals surface area contributed by atoms with Crippen molar-refractivity contribution in [2.45, 2.75) is 19.9 Å². The number of imidazole rings is 1. The first kappa shape index (κ1) is 8.14. The number of halogens is 1. The quantitative estimate of drug-likeness (QED) is 0.564. The van der Waals surface area contributed by atoms with Crippen LogP contribution in [0.15, 0.2) is 18.7 Å². The van der Waals surface area contributed by atoms with Crippen LogP contribution in [-0.4, -0.2) is 9.55 Å². The molecule has 3 heteroatoms. The Morgan fingerprint density at radius 1 is 1.44 bits per heavy atom.